The SMILES string of the molecule is CCNC(=NCc1ccccc1OC)NCC(c1ccc(OC)cc1)N1CCOCC1.I. The number of guanidine groups is 1. The summed E-state index contributed by atoms with van der Waals surface area (Å²) in [4.78, 5) is 7.24. The fraction of sp³-hybridized carbons (Fsp3) is 0.458. The molecule has 8 heteroatoms. The van der Waals surface area contributed by atoms with Crippen LogP contribution in [-0.4, -0.2) is 64.5 Å². The van der Waals surface area contributed by atoms with E-state index < -0.39 is 0 Å². The quantitative estimate of drug-likeness (QED) is 0.281. The molecule has 2 aromatic rings. The summed E-state index contributed by atoms with van der Waals surface area (Å²) in [6.07, 6.45) is 0. The second-order valence-corrected chi connectivity index (χ2v) is 7.33. The van der Waals surface area contributed by atoms with Crippen molar-refractivity contribution in [2.24, 2.45) is 4.99 Å². The molecule has 0 bridgehead atoms. The zero-order valence-electron chi connectivity index (χ0n) is 19.2. The Bertz CT molecular complexity index is 826. The molecule has 1 saturated heterocycles. The first-order valence-electron chi connectivity index (χ1n) is 10.8. The number of nitrogens with one attached hydrogen (secondary N) is 2. The molecule has 1 heterocycles. The fourth-order valence-corrected chi connectivity index (χ4v) is 3.71. The molecule has 7 nitrogen and oxygen atoms in total. The average Bonchev–Trinajstić information content (AvgIpc) is 2.83. The lowest BCUT2D eigenvalue weighted by Crippen LogP contribution is -2.46. The highest BCUT2D eigenvalue weighted by molar-refractivity contribution is 14.0. The summed E-state index contributed by atoms with van der Waals surface area (Å²) in [5, 5.41) is 6.89. The van der Waals surface area contributed by atoms with Gasteiger partial charge in [-0.05, 0) is 30.7 Å². The van der Waals surface area contributed by atoms with Crippen molar-refractivity contribution >= 4 is 29.9 Å². The monoisotopic (exact) mass is 554 g/mol. The van der Waals surface area contributed by atoms with Crippen LogP contribution < -0.4 is 20.1 Å². The van der Waals surface area contributed by atoms with Crippen LogP contribution in [0, 0.1) is 0 Å². The van der Waals surface area contributed by atoms with E-state index >= 15 is 0 Å². The molecule has 0 amide bonds. The Morgan fingerprint density at radius 1 is 1.03 bits per heavy atom. The number of aliphatic imine (C=N–C) groups is 1. The van der Waals surface area contributed by atoms with Gasteiger partial charge in [0.2, 0.25) is 0 Å². The van der Waals surface area contributed by atoms with Crippen LogP contribution >= 0.6 is 24.0 Å². The van der Waals surface area contributed by atoms with Crippen LogP contribution in [-0.2, 0) is 11.3 Å². The molecule has 2 aromatic carbocycles. The molecule has 1 unspecified atom stereocenters. The highest BCUT2D eigenvalue weighted by Gasteiger charge is 2.23. The van der Waals surface area contributed by atoms with Gasteiger partial charge in [-0.3, -0.25) is 4.90 Å². The van der Waals surface area contributed by atoms with Gasteiger partial charge in [0.1, 0.15) is 11.5 Å². The van der Waals surface area contributed by atoms with E-state index in [1.165, 1.54) is 5.56 Å². The van der Waals surface area contributed by atoms with Crippen LogP contribution in [0.25, 0.3) is 0 Å². The van der Waals surface area contributed by atoms with E-state index in [4.69, 9.17) is 19.2 Å². The number of ether oxygens (including phenoxy) is 3. The topological polar surface area (TPSA) is 67.4 Å². The number of rotatable bonds is 9. The lowest BCUT2D eigenvalue weighted by molar-refractivity contribution is 0.0170. The Hall–Kier alpha value is -2.04. The minimum atomic E-state index is 0. The highest BCUT2D eigenvalue weighted by Crippen LogP contribution is 2.24. The summed E-state index contributed by atoms with van der Waals surface area (Å²) in [7, 11) is 3.38. The third-order valence-electron chi connectivity index (χ3n) is 5.39. The van der Waals surface area contributed by atoms with Crippen molar-refractivity contribution in [1.82, 2.24) is 15.5 Å². The van der Waals surface area contributed by atoms with Crippen LogP contribution in [0.1, 0.15) is 24.1 Å². The third-order valence-corrected chi connectivity index (χ3v) is 5.39. The number of benzene rings is 2. The maximum absolute atomic E-state index is 5.57. The molecule has 1 aliphatic heterocycles. The van der Waals surface area contributed by atoms with Crippen LogP contribution in [0.4, 0.5) is 0 Å². The normalized spacial score (nSPS) is 15.4. The van der Waals surface area contributed by atoms with Crippen molar-refractivity contribution in [2.45, 2.75) is 19.5 Å². The van der Waals surface area contributed by atoms with E-state index in [9.17, 15) is 0 Å². The van der Waals surface area contributed by atoms with Gasteiger partial charge in [-0.25, -0.2) is 4.99 Å². The van der Waals surface area contributed by atoms with Crippen LogP contribution in [0.3, 0.4) is 0 Å². The number of methoxy groups -OCH3 is 2. The van der Waals surface area contributed by atoms with Gasteiger partial charge in [0.05, 0.1) is 40.0 Å². The number of morpholine rings is 1. The summed E-state index contributed by atoms with van der Waals surface area (Å²) >= 11 is 0. The van der Waals surface area contributed by atoms with E-state index in [0.717, 1.165) is 62.4 Å². The standard InChI is InChI=1S/C24H34N4O3.HI/c1-4-25-24(26-17-20-7-5-6-8-23(20)30-3)27-18-22(28-13-15-31-16-14-28)19-9-11-21(29-2)12-10-19;/h5-12,22H,4,13-18H2,1-3H3,(H2,25,26,27);1H. The first-order valence-corrected chi connectivity index (χ1v) is 10.8. The number of para-hydroxylation sites is 1. The number of nitrogens with zero attached hydrogens (tertiary/aromatic N) is 2. The molecule has 0 radical (unpaired) electrons. The summed E-state index contributed by atoms with van der Waals surface area (Å²) in [5.41, 5.74) is 2.30. The molecular formula is C24H35IN4O3. The lowest BCUT2D eigenvalue weighted by atomic mass is 10.0. The molecule has 0 spiro atoms. The second kappa shape index (κ2) is 14.2. The molecule has 1 atom stereocenters. The Morgan fingerprint density at radius 3 is 2.41 bits per heavy atom. The molecule has 32 heavy (non-hydrogen) atoms. The molecule has 0 aromatic heterocycles. The van der Waals surface area contributed by atoms with Gasteiger partial charge in [-0.15, -0.1) is 24.0 Å². The van der Waals surface area contributed by atoms with Gasteiger partial charge in [0.25, 0.3) is 0 Å². The van der Waals surface area contributed by atoms with E-state index in [0.29, 0.717) is 6.54 Å². The van der Waals surface area contributed by atoms with Gasteiger partial charge >= 0.3 is 0 Å². The van der Waals surface area contributed by atoms with E-state index in [2.05, 4.69) is 34.6 Å². The van der Waals surface area contributed by atoms with Crippen molar-refractivity contribution in [2.75, 3.05) is 53.6 Å². The molecule has 0 saturated carbocycles. The fourth-order valence-electron chi connectivity index (χ4n) is 3.71. The van der Waals surface area contributed by atoms with E-state index in [-0.39, 0.29) is 30.0 Å². The van der Waals surface area contributed by atoms with Crippen LogP contribution in [0.5, 0.6) is 11.5 Å². The molecule has 2 N–H and O–H groups in total. The molecule has 1 fully saturated rings. The Labute approximate surface area is 208 Å². The lowest BCUT2D eigenvalue weighted by Gasteiger charge is -2.35. The molecule has 176 valence electrons. The molecule has 0 aliphatic carbocycles. The minimum Gasteiger partial charge on any atom is -0.497 e. The van der Waals surface area contributed by atoms with Crippen molar-refractivity contribution in [3.8, 4) is 11.5 Å². The Kier molecular flexibility index (Phi) is 11.6. The zero-order valence-corrected chi connectivity index (χ0v) is 21.5. The van der Waals surface area contributed by atoms with E-state index in [1.54, 1.807) is 14.2 Å². The summed E-state index contributed by atoms with van der Waals surface area (Å²) in [6.45, 7) is 7.49. The average molecular weight is 554 g/mol. The molecule has 3 rings (SSSR count). The zero-order chi connectivity index (χ0) is 21.9. The van der Waals surface area contributed by atoms with Gasteiger partial charge in [-0.1, -0.05) is 30.3 Å². The summed E-state index contributed by atoms with van der Waals surface area (Å²) in [5.74, 6) is 2.51. The highest BCUT2D eigenvalue weighted by atomic mass is 127. The maximum Gasteiger partial charge on any atom is 0.191 e. The van der Waals surface area contributed by atoms with Gasteiger partial charge in [-0.2, -0.15) is 0 Å². The Morgan fingerprint density at radius 2 is 1.75 bits per heavy atom. The molecular weight excluding hydrogens is 519 g/mol. The number of hydrogen-bond donors (Lipinski definition) is 2. The Balaban J connectivity index is 0.00000363. The van der Waals surface area contributed by atoms with Gasteiger partial charge < -0.3 is 24.8 Å². The molecule has 1 aliphatic rings. The predicted molar refractivity (Wildman–Crippen MR) is 139 cm³/mol. The van der Waals surface area contributed by atoms with Crippen molar-refractivity contribution in [1.29, 1.82) is 0 Å². The largest absolute Gasteiger partial charge is 0.497 e. The summed E-state index contributed by atoms with van der Waals surface area (Å²) < 4.78 is 16.3. The van der Waals surface area contributed by atoms with Gasteiger partial charge in [0.15, 0.2) is 5.96 Å². The predicted octanol–water partition coefficient (Wildman–Crippen LogP) is 3.45. The summed E-state index contributed by atoms with van der Waals surface area (Å²) in [6, 6.07) is 16.5. The smallest absolute Gasteiger partial charge is 0.191 e. The second-order valence-electron chi connectivity index (χ2n) is 7.33. The van der Waals surface area contributed by atoms with Crippen molar-refractivity contribution in [3.05, 3.63) is 59.7 Å². The first kappa shape index (κ1) is 26.2. The van der Waals surface area contributed by atoms with Crippen LogP contribution in [0.15, 0.2) is 53.5 Å². The van der Waals surface area contributed by atoms with Crippen molar-refractivity contribution < 1.29 is 14.2 Å². The van der Waals surface area contributed by atoms with Crippen molar-refractivity contribution in [3.63, 3.8) is 0 Å². The van der Waals surface area contributed by atoms with Crippen LogP contribution in [0.2, 0.25) is 0 Å². The third kappa shape index (κ3) is 7.53. The minimum absolute atomic E-state index is 0. The van der Waals surface area contributed by atoms with Gasteiger partial charge in [0, 0.05) is 31.7 Å². The van der Waals surface area contributed by atoms with E-state index in [1.807, 2.05) is 36.4 Å². The number of halogens is 1. The maximum atomic E-state index is 5.57. The first-order chi connectivity index (χ1) is 15.2. The number of hydrogen-bond acceptors (Lipinski definition) is 5.